The zero-order chi connectivity index (χ0) is 16.4. The summed E-state index contributed by atoms with van der Waals surface area (Å²) in [6, 6.07) is 7.37. The number of benzene rings is 1. The van der Waals surface area contributed by atoms with Crippen LogP contribution < -0.4 is 14.2 Å². The number of hydrogen-bond donors (Lipinski definition) is 0. The molecule has 3 heterocycles. The first-order valence-electron chi connectivity index (χ1n) is 7.89. The van der Waals surface area contributed by atoms with Gasteiger partial charge in [-0.1, -0.05) is 12.1 Å². The molecule has 0 N–H and O–H groups in total. The zero-order valence-electron chi connectivity index (χ0n) is 13.0. The van der Waals surface area contributed by atoms with Crippen LogP contribution in [0.2, 0.25) is 0 Å². The first kappa shape index (κ1) is 14.7. The van der Waals surface area contributed by atoms with Gasteiger partial charge in [-0.05, 0) is 12.1 Å². The summed E-state index contributed by atoms with van der Waals surface area (Å²) in [5, 5.41) is 0. The molecule has 1 aromatic carbocycles. The monoisotopic (exact) mass is 327 g/mol. The summed E-state index contributed by atoms with van der Waals surface area (Å²) in [4.78, 5) is 22.5. The molecule has 1 aromatic heterocycles. The largest absolute Gasteiger partial charge is 0.485 e. The number of aromatic nitrogens is 2. The van der Waals surface area contributed by atoms with Crippen LogP contribution in [0.3, 0.4) is 0 Å². The Labute approximate surface area is 139 Å². The maximum absolute atomic E-state index is 12.6. The molecule has 2 unspecified atom stereocenters. The zero-order valence-corrected chi connectivity index (χ0v) is 13.0. The summed E-state index contributed by atoms with van der Waals surface area (Å²) in [6.07, 6.45) is 4.80. The lowest BCUT2D eigenvalue weighted by molar-refractivity contribution is -0.140. The van der Waals surface area contributed by atoms with E-state index >= 15 is 0 Å². The maximum atomic E-state index is 12.6. The van der Waals surface area contributed by atoms with Crippen molar-refractivity contribution >= 4 is 5.91 Å². The van der Waals surface area contributed by atoms with E-state index in [0.717, 1.165) is 6.42 Å². The Bertz CT molecular complexity index is 725. The molecule has 1 fully saturated rings. The fourth-order valence-electron chi connectivity index (χ4n) is 2.89. The number of carbonyl (C=O) groups is 1. The minimum absolute atomic E-state index is 0.0743. The molecule has 1 amide bonds. The Morgan fingerprint density at radius 3 is 2.96 bits per heavy atom. The summed E-state index contributed by atoms with van der Waals surface area (Å²) >= 11 is 0. The molecule has 7 nitrogen and oxygen atoms in total. The van der Waals surface area contributed by atoms with Crippen molar-refractivity contribution in [3.63, 3.8) is 0 Å². The Hall–Kier alpha value is -2.83. The highest BCUT2D eigenvalue weighted by molar-refractivity contribution is 5.82. The lowest BCUT2D eigenvalue weighted by atomic mass is 10.2. The van der Waals surface area contributed by atoms with Crippen LogP contribution in [0, 0.1) is 0 Å². The highest BCUT2D eigenvalue weighted by Crippen LogP contribution is 2.31. The van der Waals surface area contributed by atoms with E-state index < -0.39 is 6.10 Å². The van der Waals surface area contributed by atoms with E-state index in [-0.39, 0.29) is 18.6 Å². The Morgan fingerprint density at radius 2 is 2.12 bits per heavy atom. The van der Waals surface area contributed by atoms with Crippen molar-refractivity contribution in [2.24, 2.45) is 0 Å². The third-order valence-corrected chi connectivity index (χ3v) is 4.07. The average Bonchev–Trinajstić information content (AvgIpc) is 3.10. The minimum Gasteiger partial charge on any atom is -0.485 e. The van der Waals surface area contributed by atoms with Gasteiger partial charge in [-0.3, -0.25) is 9.78 Å². The lowest BCUT2D eigenvalue weighted by Crippen LogP contribution is -2.46. The normalized spacial score (nSPS) is 22.2. The number of likely N-dealkylation sites (tertiary alicyclic amines) is 1. The smallest absolute Gasteiger partial charge is 0.267 e. The first-order valence-corrected chi connectivity index (χ1v) is 7.89. The summed E-state index contributed by atoms with van der Waals surface area (Å²) in [6.45, 7) is 1.37. The number of fused-ring (bicyclic) bond motifs is 1. The van der Waals surface area contributed by atoms with Crippen LogP contribution in [-0.4, -0.2) is 52.7 Å². The van der Waals surface area contributed by atoms with Gasteiger partial charge in [-0.15, -0.1) is 0 Å². The van der Waals surface area contributed by atoms with Gasteiger partial charge in [0.25, 0.3) is 5.91 Å². The number of para-hydroxylation sites is 2. The predicted molar refractivity (Wildman–Crippen MR) is 84.0 cm³/mol. The van der Waals surface area contributed by atoms with Gasteiger partial charge in [0.2, 0.25) is 12.0 Å². The van der Waals surface area contributed by atoms with E-state index in [1.807, 2.05) is 18.2 Å². The molecule has 2 aromatic rings. The van der Waals surface area contributed by atoms with Crippen LogP contribution >= 0.6 is 0 Å². The van der Waals surface area contributed by atoms with Crippen molar-refractivity contribution in [2.45, 2.75) is 18.6 Å². The first-order chi connectivity index (χ1) is 11.8. The molecule has 2 aliphatic heterocycles. The number of rotatable bonds is 3. The highest BCUT2D eigenvalue weighted by atomic mass is 16.6. The van der Waals surface area contributed by atoms with E-state index in [4.69, 9.17) is 14.2 Å². The maximum Gasteiger partial charge on any atom is 0.267 e. The second kappa shape index (κ2) is 6.35. The molecule has 7 heteroatoms. The van der Waals surface area contributed by atoms with Crippen LogP contribution in [-0.2, 0) is 4.79 Å². The van der Waals surface area contributed by atoms with Gasteiger partial charge in [-0.2, -0.15) is 0 Å². The van der Waals surface area contributed by atoms with Crippen molar-refractivity contribution in [3.05, 3.63) is 42.9 Å². The number of carbonyl (C=O) groups excluding carboxylic acids is 1. The summed E-state index contributed by atoms with van der Waals surface area (Å²) < 4.78 is 17.2. The Balaban J connectivity index is 1.36. The number of amides is 1. The summed E-state index contributed by atoms with van der Waals surface area (Å²) in [7, 11) is 0. The molecular weight excluding hydrogens is 310 g/mol. The molecule has 2 atom stereocenters. The van der Waals surface area contributed by atoms with E-state index in [0.29, 0.717) is 30.5 Å². The van der Waals surface area contributed by atoms with Gasteiger partial charge in [-0.25, -0.2) is 4.98 Å². The molecule has 0 bridgehead atoms. The standard InChI is InChI=1S/C17H17N3O4/c21-17(15-11-22-13-3-1-2-4-14(13)24-15)20-8-5-12(10-20)23-16-9-18-6-7-19-16/h1-4,6-7,9,12,15H,5,8,10-11H2. The van der Waals surface area contributed by atoms with Gasteiger partial charge < -0.3 is 19.1 Å². The number of hydrogen-bond acceptors (Lipinski definition) is 6. The lowest BCUT2D eigenvalue weighted by Gasteiger charge is -2.28. The van der Waals surface area contributed by atoms with E-state index in [1.54, 1.807) is 29.6 Å². The van der Waals surface area contributed by atoms with Gasteiger partial charge in [0.05, 0.1) is 12.7 Å². The number of ether oxygens (including phenoxy) is 3. The molecule has 0 aliphatic carbocycles. The van der Waals surface area contributed by atoms with Gasteiger partial charge >= 0.3 is 0 Å². The quantitative estimate of drug-likeness (QED) is 0.846. The van der Waals surface area contributed by atoms with E-state index in [9.17, 15) is 4.79 Å². The van der Waals surface area contributed by atoms with Gasteiger partial charge in [0, 0.05) is 25.4 Å². The van der Waals surface area contributed by atoms with Gasteiger partial charge in [0.1, 0.15) is 12.7 Å². The highest BCUT2D eigenvalue weighted by Gasteiger charge is 2.35. The van der Waals surface area contributed by atoms with Crippen LogP contribution in [0.15, 0.2) is 42.9 Å². The molecule has 24 heavy (non-hydrogen) atoms. The van der Waals surface area contributed by atoms with Crippen molar-refractivity contribution in [1.29, 1.82) is 0 Å². The predicted octanol–water partition coefficient (Wildman–Crippen LogP) is 1.30. The van der Waals surface area contributed by atoms with E-state index in [1.165, 1.54) is 0 Å². The Kier molecular flexibility index (Phi) is 3.90. The van der Waals surface area contributed by atoms with Crippen molar-refractivity contribution in [2.75, 3.05) is 19.7 Å². The molecule has 4 rings (SSSR count). The summed E-state index contributed by atoms with van der Waals surface area (Å²) in [5.74, 6) is 1.68. The summed E-state index contributed by atoms with van der Waals surface area (Å²) in [5.41, 5.74) is 0. The minimum atomic E-state index is -0.616. The molecule has 1 saturated heterocycles. The third-order valence-electron chi connectivity index (χ3n) is 4.07. The second-order valence-electron chi connectivity index (χ2n) is 5.72. The van der Waals surface area contributed by atoms with Crippen LogP contribution in [0.1, 0.15) is 6.42 Å². The molecule has 0 saturated carbocycles. The van der Waals surface area contributed by atoms with Crippen molar-refractivity contribution in [3.8, 4) is 17.4 Å². The average molecular weight is 327 g/mol. The van der Waals surface area contributed by atoms with Crippen LogP contribution in [0.4, 0.5) is 0 Å². The Morgan fingerprint density at radius 1 is 1.25 bits per heavy atom. The van der Waals surface area contributed by atoms with Crippen LogP contribution in [0.5, 0.6) is 17.4 Å². The van der Waals surface area contributed by atoms with Gasteiger partial charge in [0.15, 0.2) is 11.5 Å². The van der Waals surface area contributed by atoms with Crippen molar-refractivity contribution in [1.82, 2.24) is 14.9 Å². The van der Waals surface area contributed by atoms with Crippen molar-refractivity contribution < 1.29 is 19.0 Å². The molecule has 0 spiro atoms. The fraction of sp³-hybridized carbons (Fsp3) is 0.353. The molecular formula is C17H17N3O4. The number of nitrogens with zero attached hydrogens (tertiary/aromatic N) is 3. The molecule has 0 radical (unpaired) electrons. The van der Waals surface area contributed by atoms with Crippen LogP contribution in [0.25, 0.3) is 0 Å². The SMILES string of the molecule is O=C(C1COc2ccccc2O1)N1CCC(Oc2cnccn2)C1. The topological polar surface area (TPSA) is 73.8 Å². The fourth-order valence-corrected chi connectivity index (χ4v) is 2.89. The van der Waals surface area contributed by atoms with E-state index in [2.05, 4.69) is 9.97 Å². The second-order valence-corrected chi connectivity index (χ2v) is 5.72. The third kappa shape index (κ3) is 2.97. The molecule has 124 valence electrons. The molecule has 2 aliphatic rings.